The minimum atomic E-state index is -0.635. The zero-order chi connectivity index (χ0) is 15.8. The highest BCUT2D eigenvalue weighted by molar-refractivity contribution is 5.69. The van der Waals surface area contributed by atoms with Gasteiger partial charge in [0.1, 0.15) is 0 Å². The van der Waals surface area contributed by atoms with Crippen molar-refractivity contribution in [3.05, 3.63) is 0 Å². The van der Waals surface area contributed by atoms with Crippen LogP contribution >= 0.6 is 0 Å². The van der Waals surface area contributed by atoms with Gasteiger partial charge >= 0.3 is 11.9 Å². The highest BCUT2D eigenvalue weighted by atomic mass is 16.5. The second-order valence-corrected chi connectivity index (χ2v) is 4.94. The Hall–Kier alpha value is -1.06. The number of hydrogen-bond acceptors (Lipinski definition) is 3. The highest BCUT2D eigenvalue weighted by Gasteiger charge is 2.13. The molecule has 0 aromatic carbocycles. The van der Waals surface area contributed by atoms with Crippen LogP contribution in [0.1, 0.15) is 79.1 Å². The summed E-state index contributed by atoms with van der Waals surface area (Å²) in [7, 11) is 0. The third-order valence-electron chi connectivity index (χ3n) is 2.83. The fourth-order valence-electron chi connectivity index (χ4n) is 1.70. The van der Waals surface area contributed by atoms with E-state index in [0.29, 0.717) is 13.0 Å². The van der Waals surface area contributed by atoms with E-state index in [2.05, 4.69) is 6.92 Å². The van der Waals surface area contributed by atoms with Crippen LogP contribution in [0.2, 0.25) is 0 Å². The van der Waals surface area contributed by atoms with Gasteiger partial charge in [-0.1, -0.05) is 47.0 Å². The zero-order valence-electron chi connectivity index (χ0n) is 13.6. The highest BCUT2D eigenvalue weighted by Crippen LogP contribution is 2.12. The molecule has 20 heavy (non-hydrogen) atoms. The molecule has 4 nitrogen and oxygen atoms in total. The van der Waals surface area contributed by atoms with Crippen molar-refractivity contribution < 1.29 is 19.4 Å². The molecule has 0 aromatic rings. The van der Waals surface area contributed by atoms with Crippen molar-refractivity contribution in [1.82, 2.24) is 0 Å². The standard InChI is InChI=1S/2C8H16O2/c1-3-5-6-8(9)10-7-4-2;1-3-5-7(6-4-2)8(9)10/h3-7H2,1-2H3;7H,3-6H2,1-2H3,(H,9,10). The summed E-state index contributed by atoms with van der Waals surface area (Å²) in [5.41, 5.74) is 0. The number of unbranched alkanes of at least 4 members (excludes halogenated alkanes) is 1. The number of hydrogen-bond donors (Lipinski definition) is 1. The molecule has 0 radical (unpaired) electrons. The van der Waals surface area contributed by atoms with Crippen LogP contribution in [0.25, 0.3) is 0 Å². The van der Waals surface area contributed by atoms with Gasteiger partial charge in [-0.25, -0.2) is 0 Å². The summed E-state index contributed by atoms with van der Waals surface area (Å²) >= 11 is 0. The monoisotopic (exact) mass is 288 g/mol. The first-order valence-corrected chi connectivity index (χ1v) is 7.91. The number of carbonyl (C=O) groups excluding carboxylic acids is 1. The molecule has 0 unspecified atom stereocenters. The number of aliphatic carboxylic acids is 1. The van der Waals surface area contributed by atoms with Gasteiger partial charge in [-0.2, -0.15) is 0 Å². The van der Waals surface area contributed by atoms with Crippen LogP contribution in [0.3, 0.4) is 0 Å². The number of carbonyl (C=O) groups is 2. The lowest BCUT2D eigenvalue weighted by Gasteiger charge is -2.07. The summed E-state index contributed by atoms with van der Waals surface area (Å²) in [6, 6.07) is 0. The van der Waals surface area contributed by atoms with Crippen LogP contribution in [-0.4, -0.2) is 23.7 Å². The predicted molar refractivity (Wildman–Crippen MR) is 81.7 cm³/mol. The first-order chi connectivity index (χ1) is 9.53. The first-order valence-electron chi connectivity index (χ1n) is 7.91. The second-order valence-electron chi connectivity index (χ2n) is 4.94. The van der Waals surface area contributed by atoms with E-state index < -0.39 is 5.97 Å². The SMILES string of the molecule is CCCC(CCC)C(=O)O.CCCCC(=O)OCCC. The summed E-state index contributed by atoms with van der Waals surface area (Å²) in [4.78, 5) is 21.2. The maximum Gasteiger partial charge on any atom is 0.306 e. The van der Waals surface area contributed by atoms with E-state index >= 15 is 0 Å². The summed E-state index contributed by atoms with van der Waals surface area (Å²) in [5, 5.41) is 8.64. The summed E-state index contributed by atoms with van der Waals surface area (Å²) < 4.78 is 4.85. The number of carboxylic acids is 1. The summed E-state index contributed by atoms with van der Waals surface area (Å²) in [5.74, 6) is -0.789. The Kier molecular flexibility index (Phi) is 17.0. The Bertz CT molecular complexity index is 221. The molecule has 0 bridgehead atoms. The van der Waals surface area contributed by atoms with Gasteiger partial charge in [-0.05, 0) is 25.7 Å². The van der Waals surface area contributed by atoms with E-state index in [9.17, 15) is 9.59 Å². The molecule has 0 saturated carbocycles. The van der Waals surface area contributed by atoms with E-state index in [1.165, 1.54) is 0 Å². The van der Waals surface area contributed by atoms with Gasteiger partial charge < -0.3 is 9.84 Å². The number of ether oxygens (including phenoxy) is 1. The normalized spacial score (nSPS) is 9.85. The fraction of sp³-hybridized carbons (Fsp3) is 0.875. The van der Waals surface area contributed by atoms with Crippen molar-refractivity contribution in [3.63, 3.8) is 0 Å². The van der Waals surface area contributed by atoms with E-state index in [1.807, 2.05) is 20.8 Å². The third-order valence-corrected chi connectivity index (χ3v) is 2.83. The third kappa shape index (κ3) is 15.0. The van der Waals surface area contributed by atoms with E-state index in [1.54, 1.807) is 0 Å². The average molecular weight is 288 g/mol. The lowest BCUT2D eigenvalue weighted by Crippen LogP contribution is -2.12. The van der Waals surface area contributed by atoms with Gasteiger partial charge in [0.15, 0.2) is 0 Å². The molecule has 0 heterocycles. The Labute approximate surface area is 123 Å². The van der Waals surface area contributed by atoms with Crippen LogP contribution < -0.4 is 0 Å². The Morgan fingerprint density at radius 1 is 0.950 bits per heavy atom. The zero-order valence-corrected chi connectivity index (χ0v) is 13.6. The summed E-state index contributed by atoms with van der Waals surface area (Å²) in [6.45, 7) is 8.67. The van der Waals surface area contributed by atoms with Crippen LogP contribution in [0.4, 0.5) is 0 Å². The lowest BCUT2D eigenvalue weighted by atomic mass is 9.99. The van der Waals surface area contributed by atoms with Gasteiger partial charge in [0.05, 0.1) is 12.5 Å². The molecule has 0 amide bonds. The van der Waals surface area contributed by atoms with E-state index in [-0.39, 0.29) is 11.9 Å². The number of rotatable bonds is 10. The van der Waals surface area contributed by atoms with Crippen molar-refractivity contribution in [2.45, 2.75) is 79.1 Å². The molecule has 0 aromatic heterocycles. The predicted octanol–water partition coefficient (Wildman–Crippen LogP) is 4.42. The molecule has 0 atom stereocenters. The molecule has 1 N–H and O–H groups in total. The molecular formula is C16H32O4. The minimum absolute atomic E-state index is 0.0521. The van der Waals surface area contributed by atoms with Crippen LogP contribution in [0.15, 0.2) is 0 Å². The van der Waals surface area contributed by atoms with Crippen LogP contribution in [-0.2, 0) is 14.3 Å². The molecule has 0 aliphatic rings. The maximum atomic E-state index is 10.7. The van der Waals surface area contributed by atoms with Crippen LogP contribution in [0.5, 0.6) is 0 Å². The van der Waals surface area contributed by atoms with Crippen molar-refractivity contribution in [2.24, 2.45) is 5.92 Å². The van der Waals surface area contributed by atoms with Gasteiger partial charge in [-0.3, -0.25) is 9.59 Å². The minimum Gasteiger partial charge on any atom is -0.481 e. The molecule has 0 saturated heterocycles. The molecule has 4 heteroatoms. The Morgan fingerprint density at radius 3 is 1.85 bits per heavy atom. The largest absolute Gasteiger partial charge is 0.481 e. The smallest absolute Gasteiger partial charge is 0.306 e. The van der Waals surface area contributed by atoms with E-state index in [4.69, 9.17) is 9.84 Å². The molecule has 0 fully saturated rings. The second kappa shape index (κ2) is 16.0. The quantitative estimate of drug-likeness (QED) is 0.604. The van der Waals surface area contributed by atoms with Gasteiger partial charge in [0.25, 0.3) is 0 Å². The molecule has 0 aliphatic heterocycles. The van der Waals surface area contributed by atoms with Gasteiger partial charge in [-0.15, -0.1) is 0 Å². The average Bonchev–Trinajstić information content (AvgIpc) is 2.43. The Morgan fingerprint density at radius 2 is 1.50 bits per heavy atom. The Balaban J connectivity index is 0. The van der Waals surface area contributed by atoms with Crippen LogP contribution in [0, 0.1) is 5.92 Å². The maximum absolute atomic E-state index is 10.7. The molecule has 120 valence electrons. The topological polar surface area (TPSA) is 63.6 Å². The van der Waals surface area contributed by atoms with Gasteiger partial charge in [0, 0.05) is 6.42 Å². The van der Waals surface area contributed by atoms with Crippen molar-refractivity contribution >= 4 is 11.9 Å². The fourth-order valence-corrected chi connectivity index (χ4v) is 1.70. The van der Waals surface area contributed by atoms with Crippen molar-refractivity contribution in [2.75, 3.05) is 6.61 Å². The molecule has 0 aliphatic carbocycles. The molecule has 0 rings (SSSR count). The van der Waals surface area contributed by atoms with Crippen molar-refractivity contribution in [1.29, 1.82) is 0 Å². The first kappa shape index (κ1) is 21.2. The summed E-state index contributed by atoms with van der Waals surface area (Å²) in [6.07, 6.45) is 7.08. The van der Waals surface area contributed by atoms with E-state index in [0.717, 1.165) is 44.9 Å². The lowest BCUT2D eigenvalue weighted by molar-refractivity contribution is -0.144. The number of esters is 1. The van der Waals surface area contributed by atoms with Crippen molar-refractivity contribution in [3.8, 4) is 0 Å². The molecule has 0 spiro atoms. The molecular weight excluding hydrogens is 256 g/mol. The number of carboxylic acid groups (broad SMARTS) is 1. The van der Waals surface area contributed by atoms with Gasteiger partial charge in [0.2, 0.25) is 0 Å².